The van der Waals surface area contributed by atoms with Crippen LogP contribution in [0.25, 0.3) is 0 Å². The molecule has 4 nitrogen and oxygen atoms in total. The molecule has 2 heterocycles. The molecule has 1 N–H and O–H groups in total. The molecule has 1 fully saturated rings. The number of hydrogen-bond acceptors (Lipinski definition) is 3. The number of carboxylic acids is 1. The second kappa shape index (κ2) is 5.95. The third-order valence-electron chi connectivity index (χ3n) is 4.00. The summed E-state index contributed by atoms with van der Waals surface area (Å²) in [4.78, 5) is 27.5. The van der Waals surface area contributed by atoms with Gasteiger partial charge in [0.25, 0.3) is 5.91 Å². The maximum absolute atomic E-state index is 12.6. The third kappa shape index (κ3) is 2.73. The maximum atomic E-state index is 12.6. The standard InChI is InChI=1S/C15H21NO3S/c1-4-11-10(3)8-12(20-11)14(17)16-7-5-6-9(2)13(16)15(18)19/h8-9,13H,4-7H2,1-3H3,(H,18,19). The summed E-state index contributed by atoms with van der Waals surface area (Å²) in [6, 6.07) is 1.20. The lowest BCUT2D eigenvalue weighted by molar-refractivity contribution is -0.145. The normalized spacial score (nSPS) is 22.9. The zero-order chi connectivity index (χ0) is 14.9. The molecular formula is C15H21NO3S. The van der Waals surface area contributed by atoms with E-state index in [2.05, 4.69) is 6.92 Å². The number of thiophene rings is 1. The molecule has 1 aromatic heterocycles. The first-order chi connectivity index (χ1) is 9.45. The number of nitrogens with zero attached hydrogens (tertiary/aromatic N) is 1. The molecule has 1 aliphatic heterocycles. The van der Waals surface area contributed by atoms with Crippen molar-refractivity contribution < 1.29 is 14.7 Å². The van der Waals surface area contributed by atoms with Crippen LogP contribution < -0.4 is 0 Å². The molecule has 110 valence electrons. The molecule has 5 heteroatoms. The molecule has 0 bridgehead atoms. The lowest BCUT2D eigenvalue weighted by atomic mass is 9.90. The van der Waals surface area contributed by atoms with E-state index >= 15 is 0 Å². The second-order valence-electron chi connectivity index (χ2n) is 5.47. The smallest absolute Gasteiger partial charge is 0.326 e. The van der Waals surface area contributed by atoms with Crippen LogP contribution in [-0.4, -0.2) is 34.5 Å². The average Bonchev–Trinajstić information content (AvgIpc) is 2.78. The van der Waals surface area contributed by atoms with Crippen molar-refractivity contribution in [2.75, 3.05) is 6.54 Å². The highest BCUT2D eigenvalue weighted by molar-refractivity contribution is 7.14. The van der Waals surface area contributed by atoms with Crippen molar-refractivity contribution in [2.24, 2.45) is 5.92 Å². The van der Waals surface area contributed by atoms with Crippen LogP contribution >= 0.6 is 11.3 Å². The average molecular weight is 295 g/mol. The maximum Gasteiger partial charge on any atom is 0.326 e. The van der Waals surface area contributed by atoms with Gasteiger partial charge in [-0.3, -0.25) is 4.79 Å². The number of carbonyl (C=O) groups excluding carboxylic acids is 1. The summed E-state index contributed by atoms with van der Waals surface area (Å²) >= 11 is 1.49. The summed E-state index contributed by atoms with van der Waals surface area (Å²) in [6.07, 6.45) is 2.65. The molecule has 20 heavy (non-hydrogen) atoms. The first-order valence-corrected chi connectivity index (χ1v) is 7.90. The lowest BCUT2D eigenvalue weighted by Gasteiger charge is -2.37. The molecule has 2 unspecified atom stereocenters. The minimum Gasteiger partial charge on any atom is -0.480 e. The highest BCUT2D eigenvalue weighted by atomic mass is 32.1. The number of carbonyl (C=O) groups is 2. The van der Waals surface area contributed by atoms with Crippen molar-refractivity contribution in [3.63, 3.8) is 0 Å². The molecule has 1 amide bonds. The molecule has 1 saturated heterocycles. The number of likely N-dealkylation sites (tertiary alicyclic amines) is 1. The number of aryl methyl sites for hydroxylation is 2. The summed E-state index contributed by atoms with van der Waals surface area (Å²) in [5.41, 5.74) is 1.12. The van der Waals surface area contributed by atoms with Crippen molar-refractivity contribution in [3.05, 3.63) is 21.4 Å². The van der Waals surface area contributed by atoms with E-state index in [1.807, 2.05) is 19.9 Å². The van der Waals surface area contributed by atoms with E-state index in [9.17, 15) is 14.7 Å². The predicted octanol–water partition coefficient (Wildman–Crippen LogP) is 2.94. The van der Waals surface area contributed by atoms with E-state index in [-0.39, 0.29) is 11.8 Å². The van der Waals surface area contributed by atoms with E-state index in [4.69, 9.17) is 0 Å². The first kappa shape index (κ1) is 15.0. The van der Waals surface area contributed by atoms with Crippen LogP contribution in [0.2, 0.25) is 0 Å². The van der Waals surface area contributed by atoms with Crippen molar-refractivity contribution in [2.45, 2.75) is 46.1 Å². The van der Waals surface area contributed by atoms with E-state index in [1.165, 1.54) is 16.2 Å². The molecule has 1 aromatic rings. The van der Waals surface area contributed by atoms with Crippen molar-refractivity contribution >= 4 is 23.2 Å². The van der Waals surface area contributed by atoms with Crippen LogP contribution in [0.1, 0.15) is 46.8 Å². The number of carboxylic acid groups (broad SMARTS) is 1. The SMILES string of the molecule is CCc1sc(C(=O)N2CCCC(C)C2C(=O)O)cc1C. The van der Waals surface area contributed by atoms with Crippen molar-refractivity contribution in [1.29, 1.82) is 0 Å². The molecule has 0 saturated carbocycles. The molecule has 0 aliphatic carbocycles. The summed E-state index contributed by atoms with van der Waals surface area (Å²) in [6.45, 7) is 6.52. The van der Waals surface area contributed by atoms with E-state index in [1.54, 1.807) is 4.90 Å². The lowest BCUT2D eigenvalue weighted by Crippen LogP contribution is -2.51. The summed E-state index contributed by atoms with van der Waals surface area (Å²) in [7, 11) is 0. The van der Waals surface area contributed by atoms with Gasteiger partial charge in [-0.05, 0) is 43.7 Å². The Morgan fingerprint density at radius 3 is 2.75 bits per heavy atom. The van der Waals surface area contributed by atoms with Gasteiger partial charge in [0.05, 0.1) is 4.88 Å². The minimum absolute atomic E-state index is 0.0110. The zero-order valence-electron chi connectivity index (χ0n) is 12.2. The topological polar surface area (TPSA) is 57.6 Å². The number of rotatable bonds is 3. The first-order valence-electron chi connectivity index (χ1n) is 7.08. The van der Waals surface area contributed by atoms with Gasteiger partial charge in [0, 0.05) is 11.4 Å². The number of hydrogen-bond donors (Lipinski definition) is 1. The van der Waals surface area contributed by atoms with Crippen LogP contribution in [0.3, 0.4) is 0 Å². The van der Waals surface area contributed by atoms with Crippen LogP contribution in [0.5, 0.6) is 0 Å². The van der Waals surface area contributed by atoms with E-state index < -0.39 is 12.0 Å². The van der Waals surface area contributed by atoms with E-state index in [0.29, 0.717) is 11.4 Å². The Morgan fingerprint density at radius 1 is 1.50 bits per heavy atom. The van der Waals surface area contributed by atoms with Crippen molar-refractivity contribution in [3.8, 4) is 0 Å². The fourth-order valence-electron chi connectivity index (χ4n) is 2.91. The molecule has 2 rings (SSSR count). The van der Waals surface area contributed by atoms with Crippen molar-refractivity contribution in [1.82, 2.24) is 4.90 Å². The van der Waals surface area contributed by atoms with Gasteiger partial charge < -0.3 is 10.0 Å². The van der Waals surface area contributed by atoms with Gasteiger partial charge >= 0.3 is 5.97 Å². The molecule has 2 atom stereocenters. The summed E-state index contributed by atoms with van der Waals surface area (Å²) in [5, 5.41) is 9.39. The largest absolute Gasteiger partial charge is 0.480 e. The van der Waals surface area contributed by atoms with Gasteiger partial charge in [-0.2, -0.15) is 0 Å². The Bertz CT molecular complexity index is 523. The minimum atomic E-state index is -0.894. The molecule has 0 aromatic carbocycles. The van der Waals surface area contributed by atoms with Crippen LogP contribution in [0, 0.1) is 12.8 Å². The number of piperidine rings is 1. The van der Waals surface area contributed by atoms with Gasteiger partial charge in [-0.25, -0.2) is 4.79 Å². The third-order valence-corrected chi connectivity index (χ3v) is 5.37. The zero-order valence-corrected chi connectivity index (χ0v) is 13.0. The Balaban J connectivity index is 2.27. The Hall–Kier alpha value is -1.36. The molecular weight excluding hydrogens is 274 g/mol. The van der Waals surface area contributed by atoms with Crippen LogP contribution in [-0.2, 0) is 11.2 Å². The Labute approximate surface area is 123 Å². The second-order valence-corrected chi connectivity index (χ2v) is 6.61. The van der Waals surface area contributed by atoms with Gasteiger partial charge in [0.1, 0.15) is 6.04 Å². The fourth-order valence-corrected chi connectivity index (χ4v) is 3.98. The van der Waals surface area contributed by atoms with Gasteiger partial charge in [-0.1, -0.05) is 13.8 Å². The molecule has 1 aliphatic rings. The van der Waals surface area contributed by atoms with Crippen LogP contribution in [0.15, 0.2) is 6.07 Å². The monoisotopic (exact) mass is 295 g/mol. The summed E-state index contributed by atoms with van der Waals surface area (Å²) in [5.74, 6) is -1.01. The number of amides is 1. The van der Waals surface area contributed by atoms with Crippen LogP contribution in [0.4, 0.5) is 0 Å². The highest BCUT2D eigenvalue weighted by Crippen LogP contribution is 2.29. The highest BCUT2D eigenvalue weighted by Gasteiger charge is 2.37. The Morgan fingerprint density at radius 2 is 2.20 bits per heavy atom. The fraction of sp³-hybridized carbons (Fsp3) is 0.600. The summed E-state index contributed by atoms with van der Waals surface area (Å²) < 4.78 is 0. The number of aliphatic carboxylic acids is 1. The molecule has 0 radical (unpaired) electrons. The quantitative estimate of drug-likeness (QED) is 0.932. The predicted molar refractivity (Wildman–Crippen MR) is 79.3 cm³/mol. The van der Waals surface area contributed by atoms with E-state index in [0.717, 1.165) is 24.8 Å². The van der Waals surface area contributed by atoms with Gasteiger partial charge in [-0.15, -0.1) is 11.3 Å². The van der Waals surface area contributed by atoms with Gasteiger partial charge in [0.15, 0.2) is 0 Å². The van der Waals surface area contributed by atoms with Gasteiger partial charge in [0.2, 0.25) is 0 Å². The Kier molecular flexibility index (Phi) is 4.48. The molecule has 0 spiro atoms.